The lowest BCUT2D eigenvalue weighted by molar-refractivity contribution is -0.190. The van der Waals surface area contributed by atoms with Crippen LogP contribution in [0.2, 0.25) is 0 Å². The molecule has 1 aliphatic heterocycles. The van der Waals surface area contributed by atoms with E-state index in [1.54, 1.807) is 6.07 Å². The summed E-state index contributed by atoms with van der Waals surface area (Å²) in [6.45, 7) is 4.27. The number of aromatic nitrogens is 1. The van der Waals surface area contributed by atoms with Crippen molar-refractivity contribution in [2.75, 3.05) is 23.9 Å². The standard InChI is InChI=1S/C25H28F3N3O3S/c1-24(2)18-7-5-4-6-14(18)10-20(24)30-15-8-9-19(29-11-15)22(25(26,27)28)31(3)23(32)21-16-12-35(33,34)13-17(16)21/h4-9,11,16-17,20-22,30H,10,12-13H2,1-3H3. The zero-order valence-electron chi connectivity index (χ0n) is 19.7. The lowest BCUT2D eigenvalue weighted by atomic mass is 9.83. The van der Waals surface area contributed by atoms with Crippen molar-refractivity contribution in [3.63, 3.8) is 0 Å². The van der Waals surface area contributed by atoms with Crippen LogP contribution in [0.15, 0.2) is 42.6 Å². The molecule has 2 heterocycles. The van der Waals surface area contributed by atoms with Gasteiger partial charge < -0.3 is 10.2 Å². The van der Waals surface area contributed by atoms with Crippen molar-refractivity contribution in [2.24, 2.45) is 17.8 Å². The van der Waals surface area contributed by atoms with Gasteiger partial charge >= 0.3 is 6.18 Å². The number of halogens is 3. The van der Waals surface area contributed by atoms with Gasteiger partial charge in [0.15, 0.2) is 15.9 Å². The summed E-state index contributed by atoms with van der Waals surface area (Å²) in [5.41, 5.74) is 2.67. The fourth-order valence-corrected chi connectivity index (χ4v) is 8.16. The summed E-state index contributed by atoms with van der Waals surface area (Å²) in [4.78, 5) is 17.6. The quantitative estimate of drug-likeness (QED) is 0.667. The van der Waals surface area contributed by atoms with Gasteiger partial charge in [-0.1, -0.05) is 38.1 Å². The van der Waals surface area contributed by atoms with Gasteiger partial charge in [-0.25, -0.2) is 8.42 Å². The Morgan fingerprint density at radius 3 is 2.37 bits per heavy atom. The van der Waals surface area contributed by atoms with Crippen LogP contribution in [0, 0.1) is 17.8 Å². The molecule has 2 fully saturated rings. The average Bonchev–Trinajstić information content (AvgIpc) is 3.18. The molecule has 2 aromatic rings. The predicted octanol–water partition coefficient (Wildman–Crippen LogP) is 3.75. The van der Waals surface area contributed by atoms with Crippen molar-refractivity contribution < 1.29 is 26.4 Å². The fraction of sp³-hybridized carbons (Fsp3) is 0.520. The molecule has 1 saturated carbocycles. The van der Waals surface area contributed by atoms with Crippen LogP contribution in [0.25, 0.3) is 0 Å². The van der Waals surface area contributed by atoms with Crippen LogP contribution >= 0.6 is 0 Å². The van der Waals surface area contributed by atoms with Crippen LogP contribution in [0.3, 0.4) is 0 Å². The van der Waals surface area contributed by atoms with E-state index >= 15 is 0 Å². The van der Waals surface area contributed by atoms with E-state index in [1.165, 1.54) is 23.4 Å². The number of amides is 1. The lowest BCUT2D eigenvalue weighted by Gasteiger charge is -2.31. The molecule has 0 spiro atoms. The van der Waals surface area contributed by atoms with Crippen molar-refractivity contribution in [3.05, 3.63) is 59.4 Å². The highest BCUT2D eigenvalue weighted by atomic mass is 32.2. The van der Waals surface area contributed by atoms with E-state index in [1.807, 2.05) is 12.1 Å². The van der Waals surface area contributed by atoms with Gasteiger partial charge in [0, 0.05) is 24.4 Å². The number of carbonyl (C=O) groups is 1. The maximum atomic E-state index is 14.0. The fourth-order valence-electron chi connectivity index (χ4n) is 5.94. The summed E-state index contributed by atoms with van der Waals surface area (Å²) in [6, 6.07) is 8.91. The molecule has 2 aliphatic carbocycles. The van der Waals surface area contributed by atoms with Crippen molar-refractivity contribution in [2.45, 2.75) is 43.9 Å². The summed E-state index contributed by atoms with van der Waals surface area (Å²) in [5, 5.41) is 3.42. The number of fused-ring (bicyclic) bond motifs is 2. The highest BCUT2D eigenvalue weighted by molar-refractivity contribution is 7.91. The molecule has 1 N–H and O–H groups in total. The number of sulfone groups is 1. The third-order valence-electron chi connectivity index (χ3n) is 7.97. The van der Waals surface area contributed by atoms with E-state index in [2.05, 4.69) is 36.3 Å². The molecule has 6 nitrogen and oxygen atoms in total. The number of anilines is 1. The Kier molecular flexibility index (Phi) is 5.47. The normalized spacial score (nSPS) is 28.6. The van der Waals surface area contributed by atoms with Crippen LogP contribution in [0.4, 0.5) is 18.9 Å². The molecule has 1 aromatic carbocycles. The van der Waals surface area contributed by atoms with Crippen LogP contribution in [-0.4, -0.2) is 55.0 Å². The van der Waals surface area contributed by atoms with Crippen LogP contribution in [-0.2, 0) is 26.5 Å². The summed E-state index contributed by atoms with van der Waals surface area (Å²) in [7, 11) is -2.07. The second-order valence-electron chi connectivity index (χ2n) is 10.6. The smallest absolute Gasteiger partial charge is 0.380 e. The summed E-state index contributed by atoms with van der Waals surface area (Å²) in [6.07, 6.45) is -2.55. The minimum atomic E-state index is -4.72. The van der Waals surface area contributed by atoms with Gasteiger partial charge in [0.1, 0.15) is 0 Å². The third-order valence-corrected chi connectivity index (χ3v) is 9.75. The highest BCUT2D eigenvalue weighted by Gasteiger charge is 2.63. The van der Waals surface area contributed by atoms with E-state index < -0.39 is 33.9 Å². The number of alkyl halides is 3. The molecule has 4 unspecified atom stereocenters. The monoisotopic (exact) mass is 507 g/mol. The van der Waals surface area contributed by atoms with Crippen molar-refractivity contribution in [3.8, 4) is 0 Å². The SMILES string of the molecule is CN(C(=O)C1C2CS(=O)(=O)CC21)C(c1ccc(NC2Cc3ccccc3C2(C)C)cn1)C(F)(F)F. The number of nitrogens with zero attached hydrogens (tertiary/aromatic N) is 2. The van der Waals surface area contributed by atoms with E-state index in [9.17, 15) is 26.4 Å². The maximum absolute atomic E-state index is 14.0. The Morgan fingerprint density at radius 2 is 1.80 bits per heavy atom. The van der Waals surface area contributed by atoms with Gasteiger partial charge in [-0.3, -0.25) is 9.78 Å². The third kappa shape index (κ3) is 4.19. The molecular weight excluding hydrogens is 479 g/mol. The molecular formula is C25H28F3N3O3S. The van der Waals surface area contributed by atoms with Crippen LogP contribution in [0.1, 0.15) is 36.7 Å². The zero-order chi connectivity index (χ0) is 25.3. The minimum Gasteiger partial charge on any atom is -0.380 e. The molecule has 1 aromatic heterocycles. The second-order valence-corrected chi connectivity index (χ2v) is 12.7. The zero-order valence-corrected chi connectivity index (χ0v) is 20.5. The second kappa shape index (κ2) is 7.94. The number of hydrogen-bond acceptors (Lipinski definition) is 5. The van der Waals surface area contributed by atoms with Crippen molar-refractivity contribution in [1.29, 1.82) is 0 Å². The van der Waals surface area contributed by atoms with E-state index in [-0.39, 0.29) is 40.5 Å². The Labute approximate surface area is 202 Å². The molecule has 0 bridgehead atoms. The van der Waals surface area contributed by atoms with Crippen LogP contribution in [0.5, 0.6) is 0 Å². The van der Waals surface area contributed by atoms with Gasteiger partial charge in [0.05, 0.1) is 29.1 Å². The summed E-state index contributed by atoms with van der Waals surface area (Å²) < 4.78 is 65.5. The average molecular weight is 508 g/mol. The van der Waals surface area contributed by atoms with Crippen LogP contribution < -0.4 is 5.32 Å². The Hall–Kier alpha value is -2.62. The van der Waals surface area contributed by atoms with E-state index in [0.29, 0.717) is 10.6 Å². The highest BCUT2D eigenvalue weighted by Crippen LogP contribution is 2.54. The number of carbonyl (C=O) groups excluding carboxylic acids is 1. The molecule has 4 atom stereocenters. The minimum absolute atomic E-state index is 0.0563. The first-order valence-corrected chi connectivity index (χ1v) is 13.5. The lowest BCUT2D eigenvalue weighted by Crippen LogP contribution is -2.42. The maximum Gasteiger partial charge on any atom is 0.414 e. The Morgan fingerprint density at radius 1 is 1.14 bits per heavy atom. The number of rotatable bonds is 5. The molecule has 1 amide bonds. The first-order valence-electron chi connectivity index (χ1n) is 11.6. The van der Waals surface area contributed by atoms with Gasteiger partial charge in [-0.15, -0.1) is 0 Å². The largest absolute Gasteiger partial charge is 0.414 e. The molecule has 3 aliphatic rings. The molecule has 35 heavy (non-hydrogen) atoms. The first-order chi connectivity index (χ1) is 16.3. The van der Waals surface area contributed by atoms with Gasteiger partial charge in [-0.2, -0.15) is 13.2 Å². The predicted molar refractivity (Wildman–Crippen MR) is 126 cm³/mol. The first kappa shape index (κ1) is 24.1. The molecule has 188 valence electrons. The van der Waals surface area contributed by atoms with Gasteiger partial charge in [0.2, 0.25) is 5.91 Å². The molecule has 10 heteroatoms. The van der Waals surface area contributed by atoms with E-state index in [0.717, 1.165) is 13.5 Å². The van der Waals surface area contributed by atoms with Crippen molar-refractivity contribution >= 4 is 21.4 Å². The van der Waals surface area contributed by atoms with Crippen molar-refractivity contribution in [1.82, 2.24) is 9.88 Å². The topological polar surface area (TPSA) is 79.4 Å². The molecule has 0 radical (unpaired) electrons. The van der Waals surface area contributed by atoms with Gasteiger partial charge in [-0.05, 0) is 41.5 Å². The molecule has 5 rings (SSSR count). The summed E-state index contributed by atoms with van der Waals surface area (Å²) in [5.74, 6) is -2.34. The van der Waals surface area contributed by atoms with Gasteiger partial charge in [0.25, 0.3) is 0 Å². The van der Waals surface area contributed by atoms with E-state index in [4.69, 9.17) is 0 Å². The molecule has 1 saturated heterocycles. The number of benzene rings is 1. The Balaban J connectivity index is 1.31. The number of nitrogens with one attached hydrogen (secondary N) is 1. The Bertz CT molecular complexity index is 1240. The number of pyridine rings is 1. The number of hydrogen-bond donors (Lipinski definition) is 1. The summed E-state index contributed by atoms with van der Waals surface area (Å²) >= 11 is 0.